The topological polar surface area (TPSA) is 34.4 Å². The fraction of sp³-hybridized carbons (Fsp3) is 0.412. The van der Waals surface area contributed by atoms with E-state index in [1.54, 1.807) is 0 Å². The van der Waals surface area contributed by atoms with E-state index in [1.807, 2.05) is 31.2 Å². The van der Waals surface area contributed by atoms with E-state index >= 15 is 0 Å². The molecule has 0 saturated carbocycles. The fourth-order valence-corrected chi connectivity index (χ4v) is 2.30. The SMILES string of the molecule is Cc1oc(COc2ccccc2Br)cc1CNC(C)(C)C. The molecule has 1 N–H and O–H groups in total. The molecule has 1 aromatic heterocycles. The second kappa shape index (κ2) is 6.67. The predicted octanol–water partition coefficient (Wildman–Crippen LogP) is 4.82. The second-order valence-electron chi connectivity index (χ2n) is 6.12. The smallest absolute Gasteiger partial charge is 0.146 e. The van der Waals surface area contributed by atoms with Crippen LogP contribution in [-0.2, 0) is 13.2 Å². The zero-order valence-electron chi connectivity index (χ0n) is 13.0. The first-order valence-corrected chi connectivity index (χ1v) is 7.85. The van der Waals surface area contributed by atoms with Crippen LogP contribution in [0.2, 0.25) is 0 Å². The molecular formula is C17H22BrNO2. The van der Waals surface area contributed by atoms with Gasteiger partial charge < -0.3 is 14.5 Å². The molecule has 0 aliphatic heterocycles. The Morgan fingerprint density at radius 3 is 2.62 bits per heavy atom. The molecule has 114 valence electrons. The lowest BCUT2D eigenvalue weighted by Crippen LogP contribution is -2.35. The lowest BCUT2D eigenvalue weighted by Gasteiger charge is -2.20. The van der Waals surface area contributed by atoms with Crippen LogP contribution in [0.4, 0.5) is 0 Å². The molecule has 21 heavy (non-hydrogen) atoms. The summed E-state index contributed by atoms with van der Waals surface area (Å²) in [5, 5.41) is 3.47. The molecule has 0 aliphatic rings. The molecule has 4 heteroatoms. The van der Waals surface area contributed by atoms with Gasteiger partial charge in [0.05, 0.1) is 4.47 Å². The number of aryl methyl sites for hydroxylation is 1. The predicted molar refractivity (Wildman–Crippen MR) is 88.5 cm³/mol. The molecule has 0 radical (unpaired) electrons. The fourth-order valence-electron chi connectivity index (χ4n) is 1.91. The van der Waals surface area contributed by atoms with Crippen molar-refractivity contribution >= 4 is 15.9 Å². The van der Waals surface area contributed by atoms with Gasteiger partial charge >= 0.3 is 0 Å². The summed E-state index contributed by atoms with van der Waals surface area (Å²) in [6.07, 6.45) is 0. The largest absolute Gasteiger partial charge is 0.484 e. The average molecular weight is 352 g/mol. The van der Waals surface area contributed by atoms with Crippen molar-refractivity contribution in [3.05, 3.63) is 51.9 Å². The monoisotopic (exact) mass is 351 g/mol. The van der Waals surface area contributed by atoms with Gasteiger partial charge in [0.25, 0.3) is 0 Å². The van der Waals surface area contributed by atoms with Crippen LogP contribution < -0.4 is 10.1 Å². The van der Waals surface area contributed by atoms with Gasteiger partial charge in [-0.1, -0.05) is 12.1 Å². The molecular weight excluding hydrogens is 330 g/mol. The minimum Gasteiger partial charge on any atom is -0.484 e. The Kier molecular flexibility index (Phi) is 5.12. The molecule has 0 amide bonds. The van der Waals surface area contributed by atoms with E-state index in [1.165, 1.54) is 5.56 Å². The maximum atomic E-state index is 5.78. The highest BCUT2D eigenvalue weighted by molar-refractivity contribution is 9.10. The second-order valence-corrected chi connectivity index (χ2v) is 6.97. The molecule has 1 heterocycles. The highest BCUT2D eigenvalue weighted by Gasteiger charge is 2.13. The van der Waals surface area contributed by atoms with Gasteiger partial charge in [-0.25, -0.2) is 0 Å². The van der Waals surface area contributed by atoms with Crippen LogP contribution >= 0.6 is 15.9 Å². The Labute approximate surface area is 134 Å². The number of rotatable bonds is 5. The maximum Gasteiger partial charge on any atom is 0.146 e. The summed E-state index contributed by atoms with van der Waals surface area (Å²) in [5.74, 6) is 2.60. The molecule has 0 atom stereocenters. The molecule has 1 aromatic carbocycles. The minimum atomic E-state index is 0.0925. The Bertz CT molecular complexity index is 599. The number of hydrogen-bond donors (Lipinski definition) is 1. The normalized spacial score (nSPS) is 11.7. The van der Waals surface area contributed by atoms with Gasteiger partial charge in [-0.2, -0.15) is 0 Å². The highest BCUT2D eigenvalue weighted by atomic mass is 79.9. The van der Waals surface area contributed by atoms with Gasteiger partial charge in [-0.3, -0.25) is 0 Å². The lowest BCUT2D eigenvalue weighted by molar-refractivity contribution is 0.266. The zero-order chi connectivity index (χ0) is 15.5. The van der Waals surface area contributed by atoms with Gasteiger partial charge in [0.15, 0.2) is 0 Å². The molecule has 2 rings (SSSR count). The highest BCUT2D eigenvalue weighted by Crippen LogP contribution is 2.25. The number of benzene rings is 1. The van der Waals surface area contributed by atoms with E-state index in [0.29, 0.717) is 6.61 Å². The number of nitrogens with one attached hydrogen (secondary N) is 1. The quantitative estimate of drug-likeness (QED) is 0.838. The first-order chi connectivity index (χ1) is 9.85. The van der Waals surface area contributed by atoms with E-state index in [4.69, 9.17) is 9.15 Å². The summed E-state index contributed by atoms with van der Waals surface area (Å²) in [6.45, 7) is 9.67. The third-order valence-corrected chi connectivity index (χ3v) is 3.74. The number of hydrogen-bond acceptors (Lipinski definition) is 3. The van der Waals surface area contributed by atoms with Gasteiger partial charge in [0, 0.05) is 17.6 Å². The van der Waals surface area contributed by atoms with E-state index < -0.39 is 0 Å². The first-order valence-electron chi connectivity index (χ1n) is 7.06. The van der Waals surface area contributed by atoms with Crippen LogP contribution in [0.15, 0.2) is 39.2 Å². The molecule has 0 saturated heterocycles. The van der Waals surface area contributed by atoms with Gasteiger partial charge in [0.1, 0.15) is 23.9 Å². The summed E-state index contributed by atoms with van der Waals surface area (Å²) in [7, 11) is 0. The van der Waals surface area contributed by atoms with E-state index in [9.17, 15) is 0 Å². The van der Waals surface area contributed by atoms with Gasteiger partial charge in [0.2, 0.25) is 0 Å². The van der Waals surface area contributed by atoms with Crippen LogP contribution in [0.25, 0.3) is 0 Å². The van der Waals surface area contributed by atoms with Crippen molar-refractivity contribution in [2.75, 3.05) is 0 Å². The molecule has 0 unspecified atom stereocenters. The van der Waals surface area contributed by atoms with Crippen LogP contribution in [-0.4, -0.2) is 5.54 Å². The summed E-state index contributed by atoms with van der Waals surface area (Å²) >= 11 is 3.47. The Morgan fingerprint density at radius 1 is 1.24 bits per heavy atom. The summed E-state index contributed by atoms with van der Waals surface area (Å²) in [5.41, 5.74) is 1.27. The van der Waals surface area contributed by atoms with Crippen molar-refractivity contribution in [3.63, 3.8) is 0 Å². The number of ether oxygens (including phenoxy) is 1. The van der Waals surface area contributed by atoms with Crippen LogP contribution in [0.5, 0.6) is 5.75 Å². The number of furan rings is 1. The van der Waals surface area contributed by atoms with Crippen LogP contribution in [0.3, 0.4) is 0 Å². The Balaban J connectivity index is 1.97. The summed E-state index contributed by atoms with van der Waals surface area (Å²) in [6, 6.07) is 9.87. The van der Waals surface area contributed by atoms with Crippen molar-refractivity contribution in [2.45, 2.75) is 46.4 Å². The molecule has 0 aliphatic carbocycles. The standard InChI is InChI=1S/C17H22BrNO2/c1-12-13(10-19-17(2,3)4)9-14(21-12)11-20-16-8-6-5-7-15(16)18/h5-9,19H,10-11H2,1-4H3. The molecule has 0 spiro atoms. The van der Waals surface area contributed by atoms with E-state index in [0.717, 1.165) is 28.3 Å². The average Bonchev–Trinajstić information content (AvgIpc) is 2.75. The minimum absolute atomic E-state index is 0.0925. The Morgan fingerprint density at radius 2 is 1.95 bits per heavy atom. The lowest BCUT2D eigenvalue weighted by atomic mass is 10.1. The zero-order valence-corrected chi connectivity index (χ0v) is 14.6. The maximum absolute atomic E-state index is 5.78. The first kappa shape index (κ1) is 16.1. The van der Waals surface area contributed by atoms with Gasteiger partial charge in [-0.15, -0.1) is 0 Å². The van der Waals surface area contributed by atoms with Crippen LogP contribution in [0.1, 0.15) is 37.9 Å². The number of halogens is 1. The van der Waals surface area contributed by atoms with E-state index in [-0.39, 0.29) is 5.54 Å². The molecule has 3 nitrogen and oxygen atoms in total. The van der Waals surface area contributed by atoms with Crippen molar-refractivity contribution in [2.24, 2.45) is 0 Å². The third kappa shape index (κ3) is 4.90. The van der Waals surface area contributed by atoms with Crippen molar-refractivity contribution in [3.8, 4) is 5.75 Å². The summed E-state index contributed by atoms with van der Waals surface area (Å²) in [4.78, 5) is 0. The third-order valence-electron chi connectivity index (χ3n) is 3.09. The molecule has 2 aromatic rings. The van der Waals surface area contributed by atoms with Gasteiger partial charge in [-0.05, 0) is 61.8 Å². The van der Waals surface area contributed by atoms with Crippen LogP contribution in [0, 0.1) is 6.92 Å². The van der Waals surface area contributed by atoms with Crippen molar-refractivity contribution < 1.29 is 9.15 Å². The molecule has 0 bridgehead atoms. The number of para-hydroxylation sites is 1. The Hall–Kier alpha value is -1.26. The summed E-state index contributed by atoms with van der Waals surface area (Å²) < 4.78 is 12.5. The molecule has 0 fully saturated rings. The van der Waals surface area contributed by atoms with Crippen molar-refractivity contribution in [1.82, 2.24) is 5.32 Å². The van der Waals surface area contributed by atoms with E-state index in [2.05, 4.69) is 48.1 Å². The van der Waals surface area contributed by atoms with Crippen molar-refractivity contribution in [1.29, 1.82) is 0 Å².